The minimum absolute atomic E-state index is 0.000235. The second-order valence-electron chi connectivity index (χ2n) is 17.4. The maximum absolute atomic E-state index is 6.68. The van der Waals surface area contributed by atoms with Crippen molar-refractivity contribution in [1.82, 2.24) is 9.55 Å². The Hall–Kier alpha value is -6.33. The van der Waals surface area contributed by atoms with Gasteiger partial charge in [0, 0.05) is 47.5 Å². The van der Waals surface area contributed by atoms with Crippen LogP contribution in [0.3, 0.4) is 0 Å². The van der Waals surface area contributed by atoms with Gasteiger partial charge in [-0.3, -0.25) is 4.57 Å². The van der Waals surface area contributed by atoms with Crippen LogP contribution in [0.2, 0.25) is 0 Å². The molecule has 0 spiro atoms. The number of para-hydroxylation sites is 1. The van der Waals surface area contributed by atoms with Crippen molar-refractivity contribution in [2.24, 2.45) is 0 Å². The van der Waals surface area contributed by atoms with Crippen molar-refractivity contribution < 1.29 is 4.74 Å². The van der Waals surface area contributed by atoms with Crippen LogP contribution in [0.5, 0.6) is 11.5 Å². The van der Waals surface area contributed by atoms with Crippen molar-refractivity contribution in [2.75, 3.05) is 17.3 Å². The average Bonchev–Trinajstić information content (AvgIpc) is 3.50. The highest BCUT2D eigenvalue weighted by molar-refractivity contribution is 6.09. The molecule has 0 aliphatic rings. The number of rotatable bonds is 8. The van der Waals surface area contributed by atoms with Gasteiger partial charge in [-0.2, -0.15) is 0 Å². The van der Waals surface area contributed by atoms with E-state index in [1.807, 2.05) is 12.3 Å². The summed E-state index contributed by atoms with van der Waals surface area (Å²) in [6.07, 6.45) is 1.92. The Bertz CT molecular complexity index is 2740. The Morgan fingerprint density at radius 1 is 0.579 bits per heavy atom. The molecule has 286 valence electrons. The topological polar surface area (TPSA) is 42.3 Å². The van der Waals surface area contributed by atoms with Crippen molar-refractivity contribution in [2.45, 2.75) is 66.2 Å². The Morgan fingerprint density at radius 3 is 2.05 bits per heavy atom. The summed E-state index contributed by atoms with van der Waals surface area (Å²) >= 11 is 0. The molecular weight excluding hydrogens is 697 g/mol. The predicted octanol–water partition coefficient (Wildman–Crippen LogP) is 14.4. The molecule has 0 atom stereocenters. The molecular formula is C52H52N4O. The summed E-state index contributed by atoms with van der Waals surface area (Å²) in [5, 5.41) is 6.12. The van der Waals surface area contributed by atoms with Crippen molar-refractivity contribution in [1.29, 1.82) is 0 Å². The van der Waals surface area contributed by atoms with Gasteiger partial charge < -0.3 is 15.0 Å². The fraction of sp³-hybridized carbons (Fsp3) is 0.212. The third-order valence-corrected chi connectivity index (χ3v) is 10.8. The number of aromatic nitrogens is 2. The van der Waals surface area contributed by atoms with E-state index in [0.29, 0.717) is 0 Å². The van der Waals surface area contributed by atoms with E-state index in [0.717, 1.165) is 56.5 Å². The average molecular weight is 749 g/mol. The highest BCUT2D eigenvalue weighted by atomic mass is 16.5. The fourth-order valence-electron chi connectivity index (χ4n) is 7.75. The normalized spacial score (nSPS) is 11.9. The lowest BCUT2D eigenvalue weighted by atomic mass is 9.86. The molecule has 2 heterocycles. The number of hydrogen-bond donors (Lipinski definition) is 1. The van der Waals surface area contributed by atoms with Gasteiger partial charge >= 0.3 is 0 Å². The van der Waals surface area contributed by atoms with Gasteiger partial charge in [0.2, 0.25) is 0 Å². The Balaban J connectivity index is 1.13. The van der Waals surface area contributed by atoms with Crippen molar-refractivity contribution in [3.63, 3.8) is 0 Å². The number of benzene rings is 6. The molecule has 0 aliphatic carbocycles. The van der Waals surface area contributed by atoms with Crippen LogP contribution < -0.4 is 15.0 Å². The van der Waals surface area contributed by atoms with Crippen LogP contribution in [-0.4, -0.2) is 16.6 Å². The van der Waals surface area contributed by atoms with Gasteiger partial charge in [0.25, 0.3) is 0 Å². The van der Waals surface area contributed by atoms with Crippen molar-refractivity contribution >= 4 is 44.6 Å². The summed E-state index contributed by atoms with van der Waals surface area (Å²) < 4.78 is 8.93. The van der Waals surface area contributed by atoms with E-state index in [-0.39, 0.29) is 10.8 Å². The van der Waals surface area contributed by atoms with Gasteiger partial charge in [0.15, 0.2) is 0 Å². The smallest absolute Gasteiger partial charge is 0.137 e. The first-order valence-corrected chi connectivity index (χ1v) is 19.8. The lowest BCUT2D eigenvalue weighted by Crippen LogP contribution is -2.16. The van der Waals surface area contributed by atoms with Gasteiger partial charge in [-0.05, 0) is 114 Å². The first kappa shape index (κ1) is 37.6. The fourth-order valence-corrected chi connectivity index (χ4v) is 7.75. The molecule has 0 fully saturated rings. The number of nitrogens with zero attached hydrogens (tertiary/aromatic N) is 3. The number of nitrogens with one attached hydrogen (secondary N) is 1. The molecule has 2 aromatic heterocycles. The van der Waals surface area contributed by atoms with Gasteiger partial charge in [0.05, 0.1) is 22.4 Å². The molecule has 0 bridgehead atoms. The molecule has 0 unspecified atom stereocenters. The van der Waals surface area contributed by atoms with Crippen molar-refractivity contribution in [3.05, 3.63) is 168 Å². The van der Waals surface area contributed by atoms with Crippen LogP contribution in [0.25, 0.3) is 38.8 Å². The number of ether oxygens (including phenoxy) is 1. The number of pyridine rings is 1. The highest BCUT2D eigenvalue weighted by Gasteiger charge is 2.20. The summed E-state index contributed by atoms with van der Waals surface area (Å²) in [6, 6.07) is 49.7. The molecule has 0 amide bonds. The SMILES string of the molecule is Cc1cc(C)cc(-c2cccc(Nc3ccc(C(C)(C)C)cc3N(C)c3cccc(Oc4ccc5c6ccccc6n(-c6cc(C(C)(C)C)ccn6)c5c4)c3)c2)c1. The zero-order valence-corrected chi connectivity index (χ0v) is 34.6. The molecule has 5 heteroatoms. The molecule has 5 nitrogen and oxygen atoms in total. The van der Waals surface area contributed by atoms with Gasteiger partial charge in [-0.25, -0.2) is 4.98 Å². The van der Waals surface area contributed by atoms with Crippen LogP contribution in [-0.2, 0) is 10.8 Å². The zero-order valence-electron chi connectivity index (χ0n) is 34.6. The molecule has 6 aromatic carbocycles. The highest BCUT2D eigenvalue weighted by Crippen LogP contribution is 2.40. The lowest BCUT2D eigenvalue weighted by molar-refractivity contribution is 0.483. The van der Waals surface area contributed by atoms with Gasteiger partial charge in [-0.15, -0.1) is 0 Å². The van der Waals surface area contributed by atoms with E-state index in [9.17, 15) is 0 Å². The minimum atomic E-state index is -0.0211. The molecule has 0 aliphatic heterocycles. The standard InChI is InChI=1S/C52H52N4O/c1-34-26-35(2)28-37(27-34)36-14-12-15-40(29-36)54-46-23-20-38(51(3,4)5)30-49(46)55(9)41-16-13-17-42(32-41)57-43-21-22-45-44-18-10-11-19-47(44)56(48(45)33-43)50-31-39(24-25-53-50)52(6,7)8/h10-33,54H,1-9H3. The maximum atomic E-state index is 6.68. The zero-order chi connectivity index (χ0) is 40.1. The predicted molar refractivity (Wildman–Crippen MR) is 242 cm³/mol. The Morgan fingerprint density at radius 2 is 1.28 bits per heavy atom. The van der Waals surface area contributed by atoms with E-state index in [4.69, 9.17) is 9.72 Å². The van der Waals surface area contributed by atoms with Crippen LogP contribution in [0.15, 0.2) is 146 Å². The van der Waals surface area contributed by atoms with Gasteiger partial charge in [0.1, 0.15) is 17.3 Å². The molecule has 0 radical (unpaired) electrons. The third-order valence-electron chi connectivity index (χ3n) is 10.8. The third kappa shape index (κ3) is 7.75. The summed E-state index contributed by atoms with van der Waals surface area (Å²) in [5.74, 6) is 2.42. The number of hydrogen-bond acceptors (Lipinski definition) is 4. The molecule has 8 rings (SSSR count). The minimum Gasteiger partial charge on any atom is -0.457 e. The number of fused-ring (bicyclic) bond motifs is 3. The Kier molecular flexibility index (Phi) is 9.65. The van der Waals surface area contributed by atoms with E-state index >= 15 is 0 Å². The van der Waals surface area contributed by atoms with Crippen LogP contribution in [0.4, 0.5) is 22.7 Å². The molecule has 0 saturated heterocycles. The van der Waals surface area contributed by atoms with E-state index in [1.165, 1.54) is 38.8 Å². The Labute approximate surface area is 337 Å². The molecule has 8 aromatic rings. The van der Waals surface area contributed by atoms with E-state index < -0.39 is 0 Å². The summed E-state index contributed by atoms with van der Waals surface area (Å²) in [7, 11) is 2.13. The monoisotopic (exact) mass is 748 g/mol. The summed E-state index contributed by atoms with van der Waals surface area (Å²) in [6.45, 7) is 17.8. The molecule has 1 N–H and O–H groups in total. The quantitative estimate of drug-likeness (QED) is 0.168. The molecule has 0 saturated carbocycles. The van der Waals surface area contributed by atoms with Crippen LogP contribution in [0.1, 0.15) is 63.8 Å². The second kappa shape index (κ2) is 14.6. The number of anilines is 4. The van der Waals surface area contributed by atoms with E-state index in [2.05, 4.69) is 211 Å². The summed E-state index contributed by atoms with van der Waals surface area (Å²) in [5.41, 5.74) is 13.7. The number of aryl methyl sites for hydroxylation is 2. The van der Waals surface area contributed by atoms with Crippen LogP contribution >= 0.6 is 0 Å². The first-order valence-electron chi connectivity index (χ1n) is 19.8. The van der Waals surface area contributed by atoms with Crippen LogP contribution in [0, 0.1) is 13.8 Å². The largest absolute Gasteiger partial charge is 0.457 e. The lowest BCUT2D eigenvalue weighted by Gasteiger charge is -2.27. The first-order chi connectivity index (χ1) is 27.2. The van der Waals surface area contributed by atoms with E-state index in [1.54, 1.807) is 0 Å². The van der Waals surface area contributed by atoms with Crippen molar-refractivity contribution in [3.8, 4) is 28.4 Å². The summed E-state index contributed by atoms with van der Waals surface area (Å²) in [4.78, 5) is 7.10. The molecule has 57 heavy (non-hydrogen) atoms. The maximum Gasteiger partial charge on any atom is 0.137 e. The second-order valence-corrected chi connectivity index (χ2v) is 17.4. The van der Waals surface area contributed by atoms with Gasteiger partial charge in [-0.1, -0.05) is 113 Å².